The van der Waals surface area contributed by atoms with Crippen LogP contribution in [0.25, 0.3) is 11.6 Å². The zero-order valence-corrected chi connectivity index (χ0v) is 18.4. The molecule has 7 nitrogen and oxygen atoms in total. The van der Waals surface area contributed by atoms with Crippen molar-refractivity contribution in [2.24, 2.45) is 0 Å². The third kappa shape index (κ3) is 4.41. The van der Waals surface area contributed by atoms with Crippen molar-refractivity contribution in [2.45, 2.75) is 25.9 Å². The largest absolute Gasteiger partial charge is 0.352 e. The summed E-state index contributed by atoms with van der Waals surface area (Å²) in [5.41, 5.74) is 5.31. The molecule has 0 radical (unpaired) electrons. The van der Waals surface area contributed by atoms with E-state index < -0.39 is 0 Å². The first kappa shape index (κ1) is 21.1. The number of allylic oxidation sites excluding steroid dienone is 1. The van der Waals surface area contributed by atoms with Crippen LogP contribution >= 0.6 is 0 Å². The molecule has 2 aromatic heterocycles. The van der Waals surface area contributed by atoms with Crippen molar-refractivity contribution in [3.05, 3.63) is 83.3 Å². The molecule has 0 unspecified atom stereocenters. The quantitative estimate of drug-likeness (QED) is 0.667. The molecule has 5 rings (SSSR count). The van der Waals surface area contributed by atoms with Crippen LogP contribution in [0.15, 0.2) is 55.1 Å². The lowest BCUT2D eigenvalue weighted by molar-refractivity contribution is 0.171. The van der Waals surface area contributed by atoms with E-state index in [0.29, 0.717) is 26.2 Å². The summed E-state index contributed by atoms with van der Waals surface area (Å²) >= 11 is 0. The van der Waals surface area contributed by atoms with Gasteiger partial charge < -0.3 is 15.1 Å². The number of halogens is 1. The highest BCUT2D eigenvalue weighted by molar-refractivity contribution is 5.91. The molecule has 8 heteroatoms. The van der Waals surface area contributed by atoms with Crippen molar-refractivity contribution in [2.75, 3.05) is 24.5 Å². The minimum atomic E-state index is -0.284. The number of urea groups is 1. The number of anilines is 1. The molecule has 3 heterocycles. The van der Waals surface area contributed by atoms with Crippen LogP contribution < -0.4 is 10.2 Å². The van der Waals surface area contributed by atoms with Gasteiger partial charge in [0.25, 0.3) is 0 Å². The summed E-state index contributed by atoms with van der Waals surface area (Å²) in [4.78, 5) is 30.1. The number of pyridine rings is 1. The zero-order valence-electron chi connectivity index (χ0n) is 18.4. The van der Waals surface area contributed by atoms with Gasteiger partial charge in [-0.3, -0.25) is 4.98 Å². The molecule has 1 saturated heterocycles. The van der Waals surface area contributed by atoms with Gasteiger partial charge in [0.2, 0.25) is 0 Å². The number of nitrogens with one attached hydrogen (secondary N) is 1. The number of hydrogen-bond donors (Lipinski definition) is 1. The van der Waals surface area contributed by atoms with Gasteiger partial charge in [-0.05, 0) is 54.0 Å². The Labute approximate surface area is 192 Å². The smallest absolute Gasteiger partial charge is 0.318 e. The Kier molecular flexibility index (Phi) is 5.73. The standard InChI is InChI=1S/C25H25FN6O/c1-17-15-31(10-11-32(17)25(33)28-14-18-2-4-21(26)5-3-18)24-22-12-20(13-23(22)29-16-30-24)19-6-8-27-9-7-19/h2-9,12,16-17H,10-11,13-15H2,1H3,(H,28,33)/t17-/m0/s1. The van der Waals surface area contributed by atoms with E-state index in [1.54, 1.807) is 30.9 Å². The second kappa shape index (κ2) is 8.97. The monoisotopic (exact) mass is 444 g/mol. The van der Waals surface area contributed by atoms with E-state index in [4.69, 9.17) is 0 Å². The molecular formula is C25H25FN6O. The predicted octanol–water partition coefficient (Wildman–Crippen LogP) is 3.53. The molecule has 0 saturated carbocycles. The van der Waals surface area contributed by atoms with E-state index in [1.807, 2.05) is 24.0 Å². The summed E-state index contributed by atoms with van der Waals surface area (Å²) < 4.78 is 13.1. The van der Waals surface area contributed by atoms with Gasteiger partial charge in [0.05, 0.1) is 5.69 Å². The van der Waals surface area contributed by atoms with Crippen molar-refractivity contribution in [1.29, 1.82) is 0 Å². The Morgan fingerprint density at radius 1 is 1.12 bits per heavy atom. The second-order valence-electron chi connectivity index (χ2n) is 8.41. The maximum absolute atomic E-state index is 13.1. The minimum absolute atomic E-state index is 0.0163. The Bertz CT molecular complexity index is 1180. The summed E-state index contributed by atoms with van der Waals surface area (Å²) in [7, 11) is 0. The number of amides is 2. The topological polar surface area (TPSA) is 74.2 Å². The predicted molar refractivity (Wildman–Crippen MR) is 125 cm³/mol. The molecule has 33 heavy (non-hydrogen) atoms. The molecular weight excluding hydrogens is 419 g/mol. The molecule has 168 valence electrons. The Morgan fingerprint density at radius 2 is 1.91 bits per heavy atom. The molecule has 1 aromatic carbocycles. The minimum Gasteiger partial charge on any atom is -0.352 e. The van der Waals surface area contributed by atoms with E-state index in [0.717, 1.165) is 34.6 Å². The maximum atomic E-state index is 13.1. The highest BCUT2D eigenvalue weighted by atomic mass is 19.1. The molecule has 0 spiro atoms. The highest BCUT2D eigenvalue weighted by Gasteiger charge is 2.30. The number of nitrogens with zero attached hydrogens (tertiary/aromatic N) is 5. The normalized spacial score (nSPS) is 17.5. The molecule has 2 amide bonds. The molecule has 0 bridgehead atoms. The summed E-state index contributed by atoms with van der Waals surface area (Å²) in [6.45, 7) is 4.38. The fourth-order valence-corrected chi connectivity index (χ4v) is 4.45. The van der Waals surface area contributed by atoms with Gasteiger partial charge in [0.1, 0.15) is 18.0 Å². The van der Waals surface area contributed by atoms with Crippen LogP contribution in [0.1, 0.15) is 29.3 Å². The van der Waals surface area contributed by atoms with Crippen LogP contribution in [0, 0.1) is 5.82 Å². The molecule has 1 aliphatic carbocycles. The average Bonchev–Trinajstić information content (AvgIpc) is 3.28. The number of hydrogen-bond acceptors (Lipinski definition) is 5. The lowest BCUT2D eigenvalue weighted by atomic mass is 10.1. The Morgan fingerprint density at radius 3 is 2.67 bits per heavy atom. The average molecular weight is 445 g/mol. The molecule has 2 aliphatic rings. The number of rotatable bonds is 4. The highest BCUT2D eigenvalue weighted by Crippen LogP contribution is 2.35. The van der Waals surface area contributed by atoms with Crippen molar-refractivity contribution in [3.8, 4) is 0 Å². The zero-order chi connectivity index (χ0) is 22.8. The van der Waals surface area contributed by atoms with Gasteiger partial charge >= 0.3 is 6.03 Å². The van der Waals surface area contributed by atoms with Crippen LogP contribution in [-0.2, 0) is 13.0 Å². The van der Waals surface area contributed by atoms with Crippen LogP contribution in [0.5, 0.6) is 0 Å². The summed E-state index contributed by atoms with van der Waals surface area (Å²) in [5, 5.41) is 2.94. The number of benzene rings is 1. The lowest BCUT2D eigenvalue weighted by Crippen LogP contribution is -2.56. The number of fused-ring (bicyclic) bond motifs is 1. The van der Waals surface area contributed by atoms with E-state index in [2.05, 4.69) is 31.2 Å². The van der Waals surface area contributed by atoms with Crippen LogP contribution in [0.4, 0.5) is 15.0 Å². The van der Waals surface area contributed by atoms with Crippen molar-refractivity contribution in [3.63, 3.8) is 0 Å². The van der Waals surface area contributed by atoms with Gasteiger partial charge in [0.15, 0.2) is 0 Å². The van der Waals surface area contributed by atoms with Gasteiger partial charge in [-0.2, -0.15) is 0 Å². The summed E-state index contributed by atoms with van der Waals surface area (Å²) in [6.07, 6.45) is 8.17. The molecule has 1 N–H and O–H groups in total. The number of piperazine rings is 1. The SMILES string of the molecule is C[C@H]1CN(c2ncnc3c2C=C(c2ccncc2)C3)CCN1C(=O)NCc1ccc(F)cc1. The molecule has 3 aromatic rings. The Balaban J connectivity index is 1.26. The third-order valence-corrected chi connectivity index (χ3v) is 6.22. The van der Waals surface area contributed by atoms with Crippen LogP contribution in [-0.4, -0.2) is 51.6 Å². The fourth-order valence-electron chi connectivity index (χ4n) is 4.45. The number of aromatic nitrogens is 3. The van der Waals surface area contributed by atoms with Crippen molar-refractivity contribution >= 4 is 23.5 Å². The number of carbonyl (C=O) groups excluding carboxylic acids is 1. The lowest BCUT2D eigenvalue weighted by Gasteiger charge is -2.40. The third-order valence-electron chi connectivity index (χ3n) is 6.22. The molecule has 1 aliphatic heterocycles. The van der Waals surface area contributed by atoms with E-state index in [1.165, 1.54) is 17.7 Å². The molecule has 1 fully saturated rings. The van der Waals surface area contributed by atoms with E-state index in [-0.39, 0.29) is 17.9 Å². The van der Waals surface area contributed by atoms with Gasteiger partial charge in [-0.1, -0.05) is 12.1 Å². The number of carbonyl (C=O) groups is 1. The van der Waals surface area contributed by atoms with E-state index in [9.17, 15) is 9.18 Å². The summed E-state index contributed by atoms with van der Waals surface area (Å²) in [5.74, 6) is 0.635. The molecule has 1 atom stereocenters. The first-order valence-corrected chi connectivity index (χ1v) is 11.1. The van der Waals surface area contributed by atoms with E-state index >= 15 is 0 Å². The fraction of sp³-hybridized carbons (Fsp3) is 0.280. The first-order chi connectivity index (χ1) is 16.1. The van der Waals surface area contributed by atoms with Gasteiger partial charge in [0, 0.05) is 56.6 Å². The first-order valence-electron chi connectivity index (χ1n) is 11.1. The van der Waals surface area contributed by atoms with Crippen LogP contribution in [0.3, 0.4) is 0 Å². The summed E-state index contributed by atoms with van der Waals surface area (Å²) in [6, 6.07) is 10.1. The van der Waals surface area contributed by atoms with Gasteiger partial charge in [-0.25, -0.2) is 19.2 Å². The second-order valence-corrected chi connectivity index (χ2v) is 8.41. The Hall–Kier alpha value is -3.81. The van der Waals surface area contributed by atoms with Crippen LogP contribution in [0.2, 0.25) is 0 Å². The maximum Gasteiger partial charge on any atom is 0.318 e. The van der Waals surface area contributed by atoms with Crippen molar-refractivity contribution in [1.82, 2.24) is 25.2 Å². The van der Waals surface area contributed by atoms with Gasteiger partial charge in [-0.15, -0.1) is 0 Å². The van der Waals surface area contributed by atoms with Crippen molar-refractivity contribution < 1.29 is 9.18 Å².